The molecule has 2 aromatic carbocycles. The number of rotatable bonds is 16. The molecule has 3 saturated heterocycles. The van der Waals surface area contributed by atoms with Crippen molar-refractivity contribution >= 4 is 30.1 Å². The van der Waals surface area contributed by atoms with Crippen LogP contribution in [-0.2, 0) is 49.2 Å². The number of methoxy groups -OCH3 is 3. The van der Waals surface area contributed by atoms with Crippen molar-refractivity contribution in [3.63, 3.8) is 0 Å². The van der Waals surface area contributed by atoms with Gasteiger partial charge in [0, 0.05) is 49.0 Å². The number of likely N-dealkylation sites (N-methyl/N-ethyl adjacent to an activating group) is 2. The first-order valence-corrected chi connectivity index (χ1v) is 28.1. The zero-order chi connectivity index (χ0) is 60.1. The number of amides is 3. The molecule has 0 radical (unpaired) electrons. The van der Waals surface area contributed by atoms with Crippen LogP contribution in [0.15, 0.2) is 48.5 Å². The Bertz CT molecular complexity index is 2370. The quantitative estimate of drug-likeness (QED) is 0.0516. The zero-order valence-electron chi connectivity index (χ0n) is 50.3. The van der Waals surface area contributed by atoms with E-state index < -0.39 is 114 Å². The van der Waals surface area contributed by atoms with Crippen LogP contribution < -0.4 is 30.4 Å². The molecular weight excluding hydrogens is 1050 g/mol. The number of carbonyl (C=O) groups is 4. The number of benzene rings is 2. The maximum Gasteiger partial charge on any atom is 0.426 e. The highest BCUT2D eigenvalue weighted by Crippen LogP contribution is 2.42. The fourth-order valence-electron chi connectivity index (χ4n) is 11.5. The van der Waals surface area contributed by atoms with Crippen LogP contribution in [0.4, 0.5) is 9.59 Å². The molecule has 3 aliphatic rings. The van der Waals surface area contributed by atoms with Gasteiger partial charge in [0.05, 0.1) is 57.3 Å². The Morgan fingerprint density at radius 1 is 0.827 bits per heavy atom. The summed E-state index contributed by atoms with van der Waals surface area (Å²) in [5.41, 5.74) is 3.71. The molecule has 81 heavy (non-hydrogen) atoms. The summed E-state index contributed by atoms with van der Waals surface area (Å²) in [4.78, 5) is 58.3. The van der Waals surface area contributed by atoms with Crippen LogP contribution in [0.3, 0.4) is 0 Å². The van der Waals surface area contributed by atoms with Crippen molar-refractivity contribution < 1.29 is 81.9 Å². The molecule has 1 unspecified atom stereocenters. The number of nitrogens with zero attached hydrogens (tertiary/aromatic N) is 2. The Morgan fingerprint density at radius 3 is 2.12 bits per heavy atom. The van der Waals surface area contributed by atoms with Gasteiger partial charge in [-0.1, -0.05) is 52.8 Å². The summed E-state index contributed by atoms with van der Waals surface area (Å²) in [6.07, 6.45) is -9.02. The average molecular weight is 1140 g/mol. The summed E-state index contributed by atoms with van der Waals surface area (Å²) in [6.45, 7) is 18.5. The SMILES string of the molecule is CC[C@H]1OC(=O)[C@H](C)[C@@H](OC2CC(C)(C)[C@@H](OC(=O)NNC(=O)/C=C/c3ccc(OC)c(OC)c3)[C@H](C)O2)[C@H](C)[C@@H](O[C@@H]2O[C@H](C)C[C@H](N(C)C)[C@H]2O)[C@@](C)(O)C[C@@H](C)CN(C)[C@H](C)[C@@H](OC(=O)NCCc2ccc(OC)cc2)[C@H]1O. The van der Waals surface area contributed by atoms with E-state index in [0.29, 0.717) is 42.2 Å². The Hall–Kier alpha value is -5.30. The molecule has 456 valence electrons. The van der Waals surface area contributed by atoms with Gasteiger partial charge in [0.2, 0.25) is 0 Å². The number of alkyl carbamates (subject to hydrolysis) is 1. The maximum atomic E-state index is 14.8. The summed E-state index contributed by atoms with van der Waals surface area (Å²) in [7, 11) is 10.2. The van der Waals surface area contributed by atoms with Crippen LogP contribution in [0.2, 0.25) is 0 Å². The first-order chi connectivity index (χ1) is 38.1. The third-order valence-electron chi connectivity index (χ3n) is 16.0. The van der Waals surface area contributed by atoms with E-state index in [-0.39, 0.29) is 43.9 Å². The number of carbonyl (C=O) groups excluding carboxylic acids is 4. The van der Waals surface area contributed by atoms with Crippen LogP contribution in [-0.4, -0.2) is 190 Å². The molecule has 3 fully saturated rings. The van der Waals surface area contributed by atoms with Crippen molar-refractivity contribution in [2.75, 3.05) is 55.6 Å². The lowest BCUT2D eigenvalue weighted by atomic mass is 9.77. The zero-order valence-corrected chi connectivity index (χ0v) is 50.3. The Kier molecular flexibility index (Phi) is 24.5. The summed E-state index contributed by atoms with van der Waals surface area (Å²) in [5, 5.41) is 39.8. The molecule has 2 aromatic rings. The van der Waals surface area contributed by atoms with Crippen molar-refractivity contribution in [3.8, 4) is 17.2 Å². The van der Waals surface area contributed by atoms with E-state index in [0.717, 1.165) is 5.56 Å². The number of hydrogen-bond acceptors (Lipinski definition) is 19. The number of hydrazine groups is 1. The third-order valence-corrected chi connectivity index (χ3v) is 16.0. The lowest BCUT2D eigenvalue weighted by molar-refractivity contribution is -0.312. The molecule has 3 amide bonds. The lowest BCUT2D eigenvalue weighted by Crippen LogP contribution is -2.60. The van der Waals surface area contributed by atoms with Crippen LogP contribution in [0.1, 0.15) is 106 Å². The highest BCUT2D eigenvalue weighted by atomic mass is 16.7. The van der Waals surface area contributed by atoms with Crippen LogP contribution >= 0.6 is 0 Å². The van der Waals surface area contributed by atoms with Crippen molar-refractivity contribution in [3.05, 3.63) is 59.7 Å². The summed E-state index contributed by atoms with van der Waals surface area (Å²) in [6, 6.07) is 11.6. The lowest BCUT2D eigenvalue weighted by Gasteiger charge is -2.49. The number of aliphatic hydroxyl groups excluding tert-OH is 2. The smallest absolute Gasteiger partial charge is 0.426 e. The molecule has 0 saturated carbocycles. The monoisotopic (exact) mass is 1140 g/mol. The largest absolute Gasteiger partial charge is 0.497 e. The van der Waals surface area contributed by atoms with Gasteiger partial charge in [-0.05, 0) is 129 Å². The highest BCUT2D eigenvalue weighted by Gasteiger charge is 2.52. The molecular formula is C59H93N5O17. The second kappa shape index (κ2) is 29.8. The molecule has 0 aromatic heterocycles. The van der Waals surface area contributed by atoms with Gasteiger partial charge in [0.15, 0.2) is 24.1 Å². The van der Waals surface area contributed by atoms with Gasteiger partial charge in [-0.3, -0.25) is 19.9 Å². The minimum atomic E-state index is -1.68. The number of esters is 1. The number of cyclic esters (lactones) is 1. The van der Waals surface area contributed by atoms with Gasteiger partial charge in [-0.15, -0.1) is 0 Å². The predicted molar refractivity (Wildman–Crippen MR) is 301 cm³/mol. The van der Waals surface area contributed by atoms with E-state index in [9.17, 15) is 34.5 Å². The van der Waals surface area contributed by atoms with Gasteiger partial charge in [0.1, 0.15) is 36.3 Å². The fraction of sp³-hybridized carbons (Fsp3) is 0.695. The van der Waals surface area contributed by atoms with E-state index in [1.165, 1.54) is 26.4 Å². The number of aliphatic hydroxyl groups is 3. The minimum Gasteiger partial charge on any atom is -0.497 e. The predicted octanol–water partition coefficient (Wildman–Crippen LogP) is 5.61. The molecule has 3 aliphatic heterocycles. The van der Waals surface area contributed by atoms with E-state index in [2.05, 4.69) is 16.2 Å². The standard InChI is InChI=1S/C59H93N5O17/c1-17-43-49(67)51(79-56(69)60-27-26-39-18-22-41(72-14)23-19-39)37(6)64(13)32-33(2)30-59(10,71)52(80-55-48(66)42(63(11)12)28-34(3)75-55)35(4)50(36(5)54(68)77-43)78-47-31-58(8,9)53(38(7)76-47)81-57(70)62-61-46(65)25-21-40-20-24-44(73-15)45(29-40)74-16/h18-25,29,33-38,42-43,47-53,55,66-67,71H,17,26-28,30-32H2,1-16H3,(H,60,69)(H,61,65)(H,62,70)/b25-21+/t33-,34-,35+,36-,37-,38+,42+,43-,47?,48-,49+,50+,51-,52-,53+,55+,59+/m1/s1. The topological polar surface area (TPSA) is 264 Å². The normalized spacial score (nSPS) is 33.5. The van der Waals surface area contributed by atoms with E-state index in [4.69, 9.17) is 47.4 Å². The highest BCUT2D eigenvalue weighted by molar-refractivity contribution is 5.92. The van der Waals surface area contributed by atoms with Gasteiger partial charge in [-0.25, -0.2) is 15.0 Å². The van der Waals surface area contributed by atoms with E-state index >= 15 is 0 Å². The summed E-state index contributed by atoms with van der Waals surface area (Å²) in [5.74, 6) is -1.95. The maximum absolute atomic E-state index is 14.8. The van der Waals surface area contributed by atoms with E-state index in [1.54, 1.807) is 59.9 Å². The van der Waals surface area contributed by atoms with Crippen molar-refractivity contribution in [2.24, 2.45) is 23.2 Å². The van der Waals surface area contributed by atoms with Crippen molar-refractivity contribution in [2.45, 2.75) is 187 Å². The molecule has 0 aliphatic carbocycles. The molecule has 0 bridgehead atoms. The Morgan fingerprint density at radius 2 is 1.51 bits per heavy atom. The Balaban J connectivity index is 1.42. The second-order valence-electron chi connectivity index (χ2n) is 23.3. The first kappa shape index (κ1) is 66.5. The summed E-state index contributed by atoms with van der Waals surface area (Å²) >= 11 is 0. The molecule has 17 atom stereocenters. The van der Waals surface area contributed by atoms with Gasteiger partial charge < -0.3 is 72.9 Å². The number of nitrogens with one attached hydrogen (secondary N) is 3. The molecule has 5 rings (SSSR count). The first-order valence-electron chi connectivity index (χ1n) is 28.1. The fourth-order valence-corrected chi connectivity index (χ4v) is 11.5. The average Bonchev–Trinajstić information content (AvgIpc) is 3.43. The molecule has 22 heteroatoms. The third kappa shape index (κ3) is 18.1. The minimum absolute atomic E-state index is 0.133. The number of hydrogen-bond donors (Lipinski definition) is 6. The molecule has 3 heterocycles. The second-order valence-corrected chi connectivity index (χ2v) is 23.3. The molecule has 22 nitrogen and oxygen atoms in total. The van der Waals surface area contributed by atoms with Crippen molar-refractivity contribution in [1.29, 1.82) is 0 Å². The van der Waals surface area contributed by atoms with E-state index in [1.807, 2.05) is 89.8 Å². The van der Waals surface area contributed by atoms with Crippen LogP contribution in [0.25, 0.3) is 6.08 Å². The summed E-state index contributed by atoms with van der Waals surface area (Å²) < 4.78 is 60.7. The Labute approximate surface area is 478 Å². The number of ether oxygens (including phenoxy) is 10. The molecule has 6 N–H and O–H groups in total. The van der Waals surface area contributed by atoms with Gasteiger partial charge in [-0.2, -0.15) is 0 Å². The molecule has 0 spiro atoms. The van der Waals surface area contributed by atoms with Gasteiger partial charge in [0.25, 0.3) is 5.91 Å². The van der Waals surface area contributed by atoms with Crippen LogP contribution in [0.5, 0.6) is 17.2 Å². The van der Waals surface area contributed by atoms with Crippen molar-refractivity contribution in [1.82, 2.24) is 26.0 Å². The van der Waals surface area contributed by atoms with Crippen LogP contribution in [0, 0.1) is 23.2 Å². The van der Waals surface area contributed by atoms with Gasteiger partial charge >= 0.3 is 18.2 Å².